The first-order valence-electron chi connectivity index (χ1n) is 9.19. The van der Waals surface area contributed by atoms with E-state index < -0.39 is 12.2 Å². The number of benzene rings is 2. The fourth-order valence-electron chi connectivity index (χ4n) is 3.49. The van der Waals surface area contributed by atoms with Crippen molar-refractivity contribution in [1.29, 1.82) is 0 Å². The summed E-state index contributed by atoms with van der Waals surface area (Å²) < 4.78 is 10.6. The average molecular weight is 447 g/mol. The lowest BCUT2D eigenvalue weighted by Gasteiger charge is -2.22. The molecule has 1 aliphatic rings. The average Bonchev–Trinajstić information content (AvgIpc) is 3.05. The van der Waals surface area contributed by atoms with Crippen molar-refractivity contribution in [3.05, 3.63) is 57.6 Å². The summed E-state index contributed by atoms with van der Waals surface area (Å²) in [4.78, 5) is 26.2. The molecular formula is C21H23BrN2O4. The number of hydrogen-bond donors (Lipinski definition) is 1. The molecule has 0 spiro atoms. The molecule has 3 rings (SSSR count). The molecule has 0 saturated carbocycles. The Morgan fingerprint density at radius 2 is 2.04 bits per heavy atom. The Bertz CT molecular complexity index is 877. The van der Waals surface area contributed by atoms with Crippen LogP contribution in [-0.4, -0.2) is 25.2 Å². The lowest BCUT2D eigenvalue weighted by atomic mass is 9.98. The number of ether oxygens (including phenoxy) is 2. The number of nitrogens with two attached hydrogens (primary N) is 1. The smallest absolute Gasteiger partial charge is 0.434 e. The van der Waals surface area contributed by atoms with Crippen molar-refractivity contribution in [2.24, 2.45) is 5.73 Å². The molecular weight excluding hydrogens is 424 g/mol. The third kappa shape index (κ3) is 4.36. The Morgan fingerprint density at radius 1 is 1.29 bits per heavy atom. The molecule has 6 nitrogen and oxygen atoms in total. The first-order chi connectivity index (χ1) is 13.4. The number of para-hydroxylation sites is 1. The molecule has 0 bridgehead atoms. The highest BCUT2D eigenvalue weighted by molar-refractivity contribution is 9.10. The highest BCUT2D eigenvalue weighted by Crippen LogP contribution is 2.34. The first-order valence-corrected chi connectivity index (χ1v) is 9.98. The number of carbonyl (C=O) groups excluding carboxylic acids is 2. The van der Waals surface area contributed by atoms with Crippen molar-refractivity contribution >= 4 is 33.7 Å². The minimum Gasteiger partial charge on any atom is -0.434 e. The van der Waals surface area contributed by atoms with Crippen LogP contribution >= 0.6 is 15.9 Å². The van der Waals surface area contributed by atoms with Gasteiger partial charge in [0.05, 0.1) is 6.61 Å². The number of nitrogens with zero attached hydrogens (tertiary/aromatic N) is 1. The predicted molar refractivity (Wildman–Crippen MR) is 111 cm³/mol. The monoisotopic (exact) mass is 446 g/mol. The molecule has 2 aromatic carbocycles. The molecule has 0 saturated heterocycles. The normalized spacial score (nSPS) is 13.8. The van der Waals surface area contributed by atoms with Gasteiger partial charge >= 0.3 is 6.16 Å². The summed E-state index contributed by atoms with van der Waals surface area (Å²) in [6.07, 6.45) is 0.291. The van der Waals surface area contributed by atoms with Gasteiger partial charge in [-0.2, -0.15) is 0 Å². The van der Waals surface area contributed by atoms with Crippen LogP contribution < -0.4 is 15.4 Å². The molecule has 0 fully saturated rings. The number of rotatable bonds is 5. The van der Waals surface area contributed by atoms with Crippen LogP contribution in [0.2, 0.25) is 0 Å². The van der Waals surface area contributed by atoms with E-state index in [1.54, 1.807) is 24.0 Å². The fourth-order valence-corrected chi connectivity index (χ4v) is 4.33. The molecule has 1 heterocycles. The Hall–Kier alpha value is -2.38. The summed E-state index contributed by atoms with van der Waals surface area (Å²) in [7, 11) is 0. The van der Waals surface area contributed by atoms with Crippen molar-refractivity contribution < 1.29 is 19.1 Å². The number of fused-ring (bicyclic) bond motifs is 1. The quantitative estimate of drug-likeness (QED) is 0.547. The number of halogens is 1. The predicted octanol–water partition coefficient (Wildman–Crippen LogP) is 4.27. The molecule has 0 aliphatic carbocycles. The van der Waals surface area contributed by atoms with Gasteiger partial charge in [0.15, 0.2) is 0 Å². The molecule has 0 aromatic heterocycles. The molecule has 1 aliphatic heterocycles. The van der Waals surface area contributed by atoms with Gasteiger partial charge in [-0.1, -0.05) is 34.1 Å². The SMILES string of the molecule is CCOC(=O)Oc1cc(C)c(C(N)CC(=O)N2CCc3ccccc32)c(Br)c1. The van der Waals surface area contributed by atoms with Gasteiger partial charge < -0.3 is 20.1 Å². The standard InChI is InChI=1S/C21H23BrN2O4/c1-3-27-21(26)28-15-10-13(2)20(16(22)11-15)17(23)12-19(25)24-9-8-14-6-4-5-7-18(14)24/h4-7,10-11,17H,3,8-9,12,23H2,1-2H3. The van der Waals surface area contributed by atoms with Gasteiger partial charge in [0.1, 0.15) is 5.75 Å². The molecule has 1 unspecified atom stereocenters. The number of amides is 1. The van der Waals surface area contributed by atoms with Crippen molar-refractivity contribution in [2.45, 2.75) is 32.7 Å². The third-order valence-electron chi connectivity index (χ3n) is 4.73. The first kappa shape index (κ1) is 20.4. The van der Waals surface area contributed by atoms with Gasteiger partial charge in [0, 0.05) is 29.2 Å². The molecule has 1 amide bonds. The van der Waals surface area contributed by atoms with Crippen molar-refractivity contribution in [3.8, 4) is 5.75 Å². The van der Waals surface area contributed by atoms with E-state index in [0.717, 1.165) is 23.2 Å². The summed E-state index contributed by atoms with van der Waals surface area (Å²) in [5.41, 5.74) is 10.2. The van der Waals surface area contributed by atoms with Gasteiger partial charge in [-0.3, -0.25) is 4.79 Å². The Labute approximate surface area is 172 Å². The molecule has 2 N–H and O–H groups in total. The van der Waals surface area contributed by atoms with E-state index in [0.29, 0.717) is 16.8 Å². The molecule has 2 aromatic rings. The number of carbonyl (C=O) groups is 2. The van der Waals surface area contributed by atoms with Crippen LogP contribution in [0.5, 0.6) is 5.75 Å². The zero-order chi connectivity index (χ0) is 20.3. The number of aryl methyl sites for hydroxylation is 1. The largest absolute Gasteiger partial charge is 0.513 e. The zero-order valence-corrected chi connectivity index (χ0v) is 17.5. The number of hydrogen-bond acceptors (Lipinski definition) is 5. The minimum absolute atomic E-state index is 0.00407. The van der Waals surface area contributed by atoms with Crippen molar-refractivity contribution in [1.82, 2.24) is 0 Å². The van der Waals surface area contributed by atoms with Gasteiger partial charge in [-0.15, -0.1) is 0 Å². The minimum atomic E-state index is -0.756. The van der Waals surface area contributed by atoms with E-state index in [-0.39, 0.29) is 18.9 Å². The lowest BCUT2D eigenvalue weighted by molar-refractivity contribution is -0.118. The van der Waals surface area contributed by atoms with Crippen LogP contribution in [0.1, 0.15) is 36.1 Å². The zero-order valence-electron chi connectivity index (χ0n) is 15.9. The van der Waals surface area contributed by atoms with Gasteiger partial charge in [-0.05, 0) is 55.2 Å². The third-order valence-corrected chi connectivity index (χ3v) is 5.38. The van der Waals surface area contributed by atoms with Crippen molar-refractivity contribution in [2.75, 3.05) is 18.1 Å². The Morgan fingerprint density at radius 3 is 2.75 bits per heavy atom. The summed E-state index contributed by atoms with van der Waals surface area (Å²) >= 11 is 3.49. The summed E-state index contributed by atoms with van der Waals surface area (Å²) in [5, 5.41) is 0. The highest BCUT2D eigenvalue weighted by Gasteiger charge is 2.27. The van der Waals surface area contributed by atoms with Crippen LogP contribution in [-0.2, 0) is 16.0 Å². The van der Waals surface area contributed by atoms with E-state index >= 15 is 0 Å². The van der Waals surface area contributed by atoms with Gasteiger partial charge in [-0.25, -0.2) is 4.79 Å². The Balaban J connectivity index is 1.73. The second-order valence-electron chi connectivity index (χ2n) is 6.66. The van der Waals surface area contributed by atoms with E-state index in [4.69, 9.17) is 15.2 Å². The molecule has 148 valence electrons. The van der Waals surface area contributed by atoms with E-state index in [2.05, 4.69) is 15.9 Å². The number of anilines is 1. The summed E-state index contributed by atoms with van der Waals surface area (Å²) in [6, 6.07) is 10.8. The summed E-state index contributed by atoms with van der Waals surface area (Å²) in [6.45, 7) is 4.50. The van der Waals surface area contributed by atoms with Crippen LogP contribution in [0.3, 0.4) is 0 Å². The van der Waals surface area contributed by atoms with Crippen LogP contribution in [0.25, 0.3) is 0 Å². The van der Waals surface area contributed by atoms with Crippen LogP contribution in [0.15, 0.2) is 40.9 Å². The van der Waals surface area contributed by atoms with Crippen molar-refractivity contribution in [3.63, 3.8) is 0 Å². The summed E-state index contributed by atoms with van der Waals surface area (Å²) in [5.74, 6) is 0.356. The molecule has 1 atom stereocenters. The second kappa shape index (κ2) is 8.75. The maximum absolute atomic E-state index is 12.8. The van der Waals surface area contributed by atoms with Crippen LogP contribution in [0.4, 0.5) is 10.5 Å². The van der Waals surface area contributed by atoms with Crippen LogP contribution in [0, 0.1) is 6.92 Å². The maximum Gasteiger partial charge on any atom is 0.513 e. The van der Waals surface area contributed by atoms with E-state index in [1.807, 2.05) is 31.2 Å². The van der Waals surface area contributed by atoms with Gasteiger partial charge in [0.25, 0.3) is 0 Å². The van der Waals surface area contributed by atoms with E-state index in [9.17, 15) is 9.59 Å². The molecule has 7 heteroatoms. The topological polar surface area (TPSA) is 81.9 Å². The van der Waals surface area contributed by atoms with E-state index in [1.165, 1.54) is 5.56 Å². The lowest BCUT2D eigenvalue weighted by Crippen LogP contribution is -2.32. The molecule has 28 heavy (non-hydrogen) atoms. The van der Waals surface area contributed by atoms with Gasteiger partial charge in [0.2, 0.25) is 5.91 Å². The second-order valence-corrected chi connectivity index (χ2v) is 7.51. The molecule has 0 radical (unpaired) electrons. The fraction of sp³-hybridized carbons (Fsp3) is 0.333. The highest BCUT2D eigenvalue weighted by atomic mass is 79.9. The maximum atomic E-state index is 12.8. The Kier molecular flexibility index (Phi) is 6.36.